The molecular formula is C29H30ClF7N6O3. The lowest BCUT2D eigenvalue weighted by Crippen LogP contribution is -2.41. The van der Waals surface area contributed by atoms with E-state index in [9.17, 15) is 40.3 Å². The quantitative estimate of drug-likeness (QED) is 0.164. The topological polar surface area (TPSA) is 121 Å². The van der Waals surface area contributed by atoms with Gasteiger partial charge in [0.25, 0.3) is 18.3 Å². The molecule has 2 heterocycles. The highest BCUT2D eigenvalue weighted by Gasteiger charge is 2.64. The Morgan fingerprint density at radius 2 is 1.78 bits per heavy atom. The fourth-order valence-corrected chi connectivity index (χ4v) is 5.64. The van der Waals surface area contributed by atoms with Gasteiger partial charge in [0.05, 0.1) is 22.1 Å². The summed E-state index contributed by atoms with van der Waals surface area (Å²) in [6, 6.07) is 5.41. The molecule has 0 saturated heterocycles. The number of hydrogen-bond acceptors (Lipinski definition) is 6. The molecule has 4 N–H and O–H groups in total. The van der Waals surface area contributed by atoms with Crippen molar-refractivity contribution in [2.24, 2.45) is 11.3 Å². The fourth-order valence-electron chi connectivity index (χ4n) is 5.48. The summed E-state index contributed by atoms with van der Waals surface area (Å²) in [5, 5.41) is 8.36. The number of fused-ring (bicyclic) bond motifs is 1. The second-order valence-corrected chi connectivity index (χ2v) is 12.1. The maximum atomic E-state index is 13.9. The molecule has 1 aromatic carbocycles. The van der Waals surface area contributed by atoms with E-state index in [0.29, 0.717) is 11.3 Å². The molecule has 2 fully saturated rings. The van der Waals surface area contributed by atoms with E-state index in [1.807, 2.05) is 0 Å². The van der Waals surface area contributed by atoms with Crippen LogP contribution in [0.5, 0.6) is 5.88 Å². The van der Waals surface area contributed by atoms with Gasteiger partial charge in [-0.2, -0.15) is 23.1 Å². The molecule has 0 aliphatic heterocycles. The largest absolute Gasteiger partial charge is 0.471 e. The van der Waals surface area contributed by atoms with Gasteiger partial charge in [0.15, 0.2) is 12.3 Å². The SMILES string of the molecule is CC(F)(F)C1(C(=O)NCc2ccc(Cl)c(Nc3nc4nc(OCC(F)F)c(C(=O)NC5CCC(C(F)(F)F)CC5)cc4[nH]3)c2)CC1. The summed E-state index contributed by atoms with van der Waals surface area (Å²) in [6.45, 7) is -0.395. The third-order valence-corrected chi connectivity index (χ3v) is 8.65. The van der Waals surface area contributed by atoms with Gasteiger partial charge in [0.1, 0.15) is 11.0 Å². The number of hydrogen-bond donors (Lipinski definition) is 4. The van der Waals surface area contributed by atoms with Crippen molar-refractivity contribution in [2.75, 3.05) is 11.9 Å². The molecule has 46 heavy (non-hydrogen) atoms. The highest BCUT2D eigenvalue weighted by atomic mass is 35.5. The Bertz CT molecular complexity index is 1600. The van der Waals surface area contributed by atoms with Crippen molar-refractivity contribution >= 4 is 46.2 Å². The van der Waals surface area contributed by atoms with Gasteiger partial charge < -0.3 is 25.7 Å². The third-order valence-electron chi connectivity index (χ3n) is 8.32. The minimum atomic E-state index is -4.32. The summed E-state index contributed by atoms with van der Waals surface area (Å²) in [5.74, 6) is -6.46. The molecule has 17 heteroatoms. The highest BCUT2D eigenvalue weighted by Crippen LogP contribution is 2.56. The summed E-state index contributed by atoms with van der Waals surface area (Å²) < 4.78 is 97.9. The van der Waals surface area contributed by atoms with E-state index in [1.165, 1.54) is 12.1 Å². The number of nitrogens with one attached hydrogen (secondary N) is 4. The maximum Gasteiger partial charge on any atom is 0.391 e. The van der Waals surface area contributed by atoms with Crippen LogP contribution in [0.25, 0.3) is 11.2 Å². The van der Waals surface area contributed by atoms with Gasteiger partial charge in [-0.3, -0.25) is 9.59 Å². The number of amides is 2. The minimum Gasteiger partial charge on any atom is -0.471 e. The molecule has 2 aromatic heterocycles. The van der Waals surface area contributed by atoms with Crippen molar-refractivity contribution in [1.29, 1.82) is 0 Å². The zero-order valence-corrected chi connectivity index (χ0v) is 25.1. The van der Waals surface area contributed by atoms with Crippen molar-refractivity contribution in [3.63, 3.8) is 0 Å². The van der Waals surface area contributed by atoms with Crippen LogP contribution in [0.2, 0.25) is 5.02 Å². The van der Waals surface area contributed by atoms with E-state index in [4.69, 9.17) is 16.3 Å². The first-order valence-corrected chi connectivity index (χ1v) is 14.8. The molecule has 2 aliphatic carbocycles. The minimum absolute atomic E-state index is 0.0104. The summed E-state index contributed by atoms with van der Waals surface area (Å²) in [6.07, 6.45) is -7.13. The van der Waals surface area contributed by atoms with Crippen LogP contribution in [0.1, 0.15) is 61.4 Å². The Morgan fingerprint density at radius 3 is 2.39 bits per heavy atom. The number of imidazole rings is 1. The van der Waals surface area contributed by atoms with Gasteiger partial charge in [-0.15, -0.1) is 0 Å². The number of pyridine rings is 1. The lowest BCUT2D eigenvalue weighted by atomic mass is 9.85. The predicted octanol–water partition coefficient (Wildman–Crippen LogP) is 6.90. The third kappa shape index (κ3) is 7.42. The van der Waals surface area contributed by atoms with Gasteiger partial charge in [-0.05, 0) is 62.3 Å². The second-order valence-electron chi connectivity index (χ2n) is 11.7. The molecule has 0 spiro atoms. The molecular weight excluding hydrogens is 649 g/mol. The van der Waals surface area contributed by atoms with E-state index in [0.717, 1.165) is 6.92 Å². The molecule has 2 amide bonds. The van der Waals surface area contributed by atoms with E-state index in [1.54, 1.807) is 12.1 Å². The molecule has 0 unspecified atom stereocenters. The van der Waals surface area contributed by atoms with Crippen LogP contribution >= 0.6 is 11.6 Å². The number of alkyl halides is 7. The second kappa shape index (κ2) is 12.8. The number of nitrogens with zero attached hydrogens (tertiary/aromatic N) is 2. The number of benzene rings is 1. The molecule has 0 radical (unpaired) electrons. The van der Waals surface area contributed by atoms with E-state index >= 15 is 0 Å². The van der Waals surface area contributed by atoms with Crippen molar-refractivity contribution in [3.05, 3.63) is 40.4 Å². The lowest BCUT2D eigenvalue weighted by Gasteiger charge is -2.30. The number of H-pyrrole nitrogens is 1. The van der Waals surface area contributed by atoms with Crippen LogP contribution < -0.4 is 20.7 Å². The average Bonchev–Trinajstić information content (AvgIpc) is 3.71. The van der Waals surface area contributed by atoms with Crippen molar-refractivity contribution in [1.82, 2.24) is 25.6 Å². The predicted molar refractivity (Wildman–Crippen MR) is 154 cm³/mol. The normalized spacial score (nSPS) is 19.6. The van der Waals surface area contributed by atoms with Crippen LogP contribution in [-0.2, 0) is 11.3 Å². The Kier molecular flexibility index (Phi) is 9.30. The zero-order chi connectivity index (χ0) is 33.4. The highest BCUT2D eigenvalue weighted by molar-refractivity contribution is 6.33. The number of carbonyl (C=O) groups excluding carboxylic acids is 2. The standard InChI is InChI=1S/C29H30ClF7N6O3/c1-27(33,34)28(8-9-28)25(45)38-12-14-2-7-18(30)19(10-14)40-26-41-20-11-17(24(42-22(20)43-26)46-13-21(31)32)23(44)39-16-5-3-15(4-6-16)29(35,36)37/h2,7,10-11,15-16,21H,3-6,8-9,12-13H2,1H3,(H,38,45)(H,39,44)(H2,40,41,42,43). The molecule has 250 valence electrons. The number of halogens is 8. The molecule has 3 aromatic rings. The summed E-state index contributed by atoms with van der Waals surface area (Å²) in [7, 11) is 0. The first-order chi connectivity index (χ1) is 21.6. The zero-order valence-electron chi connectivity index (χ0n) is 24.3. The van der Waals surface area contributed by atoms with Gasteiger partial charge in [-0.25, -0.2) is 17.6 Å². The van der Waals surface area contributed by atoms with Crippen molar-refractivity contribution < 1.29 is 45.1 Å². The van der Waals surface area contributed by atoms with Crippen LogP contribution in [-0.4, -0.2) is 57.9 Å². The number of ether oxygens (including phenoxy) is 1. The molecule has 2 saturated carbocycles. The monoisotopic (exact) mass is 678 g/mol. The van der Waals surface area contributed by atoms with Gasteiger partial charge in [-0.1, -0.05) is 17.7 Å². The van der Waals surface area contributed by atoms with E-state index in [-0.39, 0.29) is 72.8 Å². The summed E-state index contributed by atoms with van der Waals surface area (Å²) >= 11 is 6.33. The first-order valence-electron chi connectivity index (χ1n) is 14.5. The fraction of sp³-hybridized carbons (Fsp3) is 0.517. The number of carbonyl (C=O) groups is 2. The van der Waals surface area contributed by atoms with Gasteiger partial charge in [0.2, 0.25) is 17.7 Å². The van der Waals surface area contributed by atoms with Crippen LogP contribution in [0, 0.1) is 11.3 Å². The van der Waals surface area contributed by atoms with Crippen LogP contribution in [0.15, 0.2) is 24.3 Å². The molecule has 5 rings (SSSR count). The summed E-state index contributed by atoms with van der Waals surface area (Å²) in [5.41, 5.74) is -0.881. The van der Waals surface area contributed by atoms with E-state index < -0.39 is 60.2 Å². The Labute approximate surface area is 263 Å². The molecule has 0 atom stereocenters. The van der Waals surface area contributed by atoms with Gasteiger partial charge >= 0.3 is 6.18 Å². The molecule has 9 nitrogen and oxygen atoms in total. The van der Waals surface area contributed by atoms with Crippen LogP contribution in [0.3, 0.4) is 0 Å². The van der Waals surface area contributed by atoms with E-state index in [2.05, 4.69) is 30.9 Å². The summed E-state index contributed by atoms with van der Waals surface area (Å²) in [4.78, 5) is 36.9. The average molecular weight is 679 g/mol. The molecule has 2 aliphatic rings. The Hall–Kier alpha value is -3.82. The maximum absolute atomic E-state index is 13.9. The van der Waals surface area contributed by atoms with Crippen molar-refractivity contribution in [3.8, 4) is 5.88 Å². The van der Waals surface area contributed by atoms with Gasteiger partial charge in [0, 0.05) is 19.5 Å². The number of rotatable bonds is 11. The Balaban J connectivity index is 1.31. The van der Waals surface area contributed by atoms with Crippen molar-refractivity contribution in [2.45, 2.75) is 76.6 Å². The lowest BCUT2D eigenvalue weighted by molar-refractivity contribution is -0.182. The number of aromatic amines is 1. The smallest absolute Gasteiger partial charge is 0.391 e. The number of anilines is 2. The Morgan fingerprint density at radius 1 is 1.09 bits per heavy atom. The first kappa shape index (κ1) is 33.5. The molecule has 0 bridgehead atoms. The number of aromatic nitrogens is 3. The van der Waals surface area contributed by atoms with Crippen LogP contribution in [0.4, 0.5) is 42.4 Å².